The monoisotopic (exact) mass is 308 g/mol. The van der Waals surface area contributed by atoms with Gasteiger partial charge in [-0.1, -0.05) is 15.9 Å². The Morgan fingerprint density at radius 2 is 1.94 bits per heavy atom. The molecule has 3 rings (SSSR count). The van der Waals surface area contributed by atoms with Gasteiger partial charge < -0.3 is 10.2 Å². The Labute approximate surface area is 118 Å². The molecule has 1 aromatic carbocycles. The fourth-order valence-electron chi connectivity index (χ4n) is 3.03. The van der Waals surface area contributed by atoms with Crippen LogP contribution >= 0.6 is 15.9 Å². The maximum atomic E-state index is 3.77. The number of nitrogens with one attached hydrogen (secondary N) is 1. The maximum Gasteiger partial charge on any atom is 0.0387 e. The van der Waals surface area contributed by atoms with Crippen LogP contribution in [0.2, 0.25) is 0 Å². The maximum absolute atomic E-state index is 3.77. The van der Waals surface area contributed by atoms with Crippen molar-refractivity contribution in [2.24, 2.45) is 5.92 Å². The summed E-state index contributed by atoms with van der Waals surface area (Å²) >= 11 is 3.51. The lowest BCUT2D eigenvalue weighted by molar-refractivity contribution is 0.261. The SMILES string of the molecule is CC1CNC(C)(C2CC2)CN1c1ccc(Br)cc1. The number of hydrogen-bond acceptors (Lipinski definition) is 2. The standard InChI is InChI=1S/C15H21BrN2/c1-11-9-17-15(2,12-3-4-12)10-18(11)14-7-5-13(16)6-8-14/h5-8,11-12,17H,3-4,9-10H2,1-2H3. The quantitative estimate of drug-likeness (QED) is 0.900. The summed E-state index contributed by atoms with van der Waals surface area (Å²) in [5.74, 6) is 0.878. The molecule has 1 saturated carbocycles. The van der Waals surface area contributed by atoms with E-state index in [0.717, 1.165) is 23.5 Å². The molecule has 0 aromatic heterocycles. The molecule has 1 heterocycles. The Hall–Kier alpha value is -0.540. The third-order valence-corrected chi connectivity index (χ3v) is 5.00. The molecule has 1 saturated heterocycles. The van der Waals surface area contributed by atoms with Crippen LogP contribution in [0.15, 0.2) is 28.7 Å². The van der Waals surface area contributed by atoms with Crippen molar-refractivity contribution in [3.05, 3.63) is 28.7 Å². The van der Waals surface area contributed by atoms with Gasteiger partial charge in [-0.3, -0.25) is 0 Å². The number of piperazine rings is 1. The Morgan fingerprint density at radius 3 is 2.56 bits per heavy atom. The largest absolute Gasteiger partial charge is 0.366 e. The van der Waals surface area contributed by atoms with Gasteiger partial charge in [0.05, 0.1) is 0 Å². The molecule has 2 unspecified atom stereocenters. The first-order chi connectivity index (χ1) is 8.58. The summed E-state index contributed by atoms with van der Waals surface area (Å²) < 4.78 is 1.15. The lowest BCUT2D eigenvalue weighted by Gasteiger charge is -2.47. The van der Waals surface area contributed by atoms with Crippen molar-refractivity contribution in [1.82, 2.24) is 5.32 Å². The van der Waals surface area contributed by atoms with Gasteiger partial charge in [0.2, 0.25) is 0 Å². The van der Waals surface area contributed by atoms with E-state index in [0.29, 0.717) is 11.6 Å². The van der Waals surface area contributed by atoms with Gasteiger partial charge in [0.1, 0.15) is 0 Å². The van der Waals surface area contributed by atoms with E-state index in [1.54, 1.807) is 0 Å². The van der Waals surface area contributed by atoms with Crippen LogP contribution in [0.5, 0.6) is 0 Å². The fourth-order valence-corrected chi connectivity index (χ4v) is 3.29. The summed E-state index contributed by atoms with van der Waals surface area (Å²) in [5, 5.41) is 3.77. The van der Waals surface area contributed by atoms with E-state index in [9.17, 15) is 0 Å². The third-order valence-electron chi connectivity index (χ3n) is 4.47. The van der Waals surface area contributed by atoms with Crippen LogP contribution in [0.25, 0.3) is 0 Å². The van der Waals surface area contributed by atoms with Crippen molar-refractivity contribution in [3.8, 4) is 0 Å². The molecule has 1 aromatic rings. The molecule has 0 spiro atoms. The smallest absolute Gasteiger partial charge is 0.0387 e. The summed E-state index contributed by atoms with van der Waals surface area (Å²) in [6.07, 6.45) is 2.79. The first kappa shape index (κ1) is 12.5. The Kier molecular flexibility index (Phi) is 3.15. The number of hydrogen-bond donors (Lipinski definition) is 1. The minimum atomic E-state index is 0.305. The first-order valence-corrected chi connectivity index (χ1v) is 7.65. The second-order valence-corrected chi connectivity index (χ2v) is 6.94. The van der Waals surface area contributed by atoms with E-state index < -0.39 is 0 Å². The average molecular weight is 309 g/mol. The van der Waals surface area contributed by atoms with Gasteiger partial charge in [0, 0.05) is 34.8 Å². The highest BCUT2D eigenvalue weighted by Gasteiger charge is 2.45. The highest BCUT2D eigenvalue weighted by molar-refractivity contribution is 9.10. The molecule has 0 amide bonds. The molecule has 18 heavy (non-hydrogen) atoms. The van der Waals surface area contributed by atoms with Crippen LogP contribution in [-0.4, -0.2) is 24.7 Å². The third kappa shape index (κ3) is 2.30. The zero-order chi connectivity index (χ0) is 12.8. The van der Waals surface area contributed by atoms with E-state index in [4.69, 9.17) is 0 Å². The second kappa shape index (κ2) is 4.53. The van der Waals surface area contributed by atoms with E-state index >= 15 is 0 Å². The van der Waals surface area contributed by atoms with Crippen molar-refractivity contribution < 1.29 is 0 Å². The van der Waals surface area contributed by atoms with Crippen LogP contribution in [-0.2, 0) is 0 Å². The van der Waals surface area contributed by atoms with Crippen LogP contribution < -0.4 is 10.2 Å². The van der Waals surface area contributed by atoms with Crippen molar-refractivity contribution in [1.29, 1.82) is 0 Å². The number of benzene rings is 1. The predicted molar refractivity (Wildman–Crippen MR) is 80.1 cm³/mol. The van der Waals surface area contributed by atoms with Crippen LogP contribution in [0.3, 0.4) is 0 Å². The van der Waals surface area contributed by atoms with Crippen molar-refractivity contribution >= 4 is 21.6 Å². The van der Waals surface area contributed by atoms with E-state index in [-0.39, 0.29) is 0 Å². The Balaban J connectivity index is 1.82. The summed E-state index contributed by atoms with van der Waals surface area (Å²) in [6.45, 7) is 6.91. The van der Waals surface area contributed by atoms with Crippen LogP contribution in [0, 0.1) is 5.92 Å². The zero-order valence-corrected chi connectivity index (χ0v) is 12.7. The molecule has 3 heteroatoms. The van der Waals surface area contributed by atoms with Gasteiger partial charge >= 0.3 is 0 Å². The molecule has 2 fully saturated rings. The zero-order valence-electron chi connectivity index (χ0n) is 11.1. The molecule has 0 bridgehead atoms. The van der Waals surface area contributed by atoms with Crippen LogP contribution in [0.4, 0.5) is 5.69 Å². The minimum absolute atomic E-state index is 0.305. The summed E-state index contributed by atoms with van der Waals surface area (Å²) in [7, 11) is 0. The first-order valence-electron chi connectivity index (χ1n) is 6.86. The number of rotatable bonds is 2. The van der Waals surface area contributed by atoms with E-state index in [1.807, 2.05) is 0 Å². The van der Waals surface area contributed by atoms with Gasteiger partial charge in [0.25, 0.3) is 0 Å². The number of halogens is 1. The molecule has 2 aliphatic rings. The van der Waals surface area contributed by atoms with Crippen LogP contribution in [0.1, 0.15) is 26.7 Å². The number of anilines is 1. The fraction of sp³-hybridized carbons (Fsp3) is 0.600. The highest BCUT2D eigenvalue weighted by Crippen LogP contribution is 2.42. The molecule has 0 radical (unpaired) electrons. The summed E-state index contributed by atoms with van der Waals surface area (Å²) in [4.78, 5) is 2.56. The molecule has 1 aliphatic heterocycles. The molecule has 1 N–H and O–H groups in total. The van der Waals surface area contributed by atoms with E-state index in [2.05, 4.69) is 64.3 Å². The second-order valence-electron chi connectivity index (χ2n) is 6.03. The lowest BCUT2D eigenvalue weighted by atomic mass is 9.91. The molecule has 2 nitrogen and oxygen atoms in total. The average Bonchev–Trinajstić information content (AvgIpc) is 3.18. The summed E-state index contributed by atoms with van der Waals surface area (Å²) in [6, 6.07) is 9.29. The van der Waals surface area contributed by atoms with Crippen molar-refractivity contribution in [2.45, 2.75) is 38.3 Å². The minimum Gasteiger partial charge on any atom is -0.366 e. The van der Waals surface area contributed by atoms with E-state index in [1.165, 1.54) is 18.5 Å². The van der Waals surface area contributed by atoms with Gasteiger partial charge in [-0.05, 0) is 56.9 Å². The van der Waals surface area contributed by atoms with Gasteiger partial charge in [-0.25, -0.2) is 0 Å². The normalized spacial score (nSPS) is 32.6. The molecular formula is C15H21BrN2. The van der Waals surface area contributed by atoms with Gasteiger partial charge in [-0.2, -0.15) is 0 Å². The van der Waals surface area contributed by atoms with Gasteiger partial charge in [0.15, 0.2) is 0 Å². The molecule has 1 aliphatic carbocycles. The molecular weight excluding hydrogens is 288 g/mol. The predicted octanol–water partition coefficient (Wildman–Crippen LogP) is 3.42. The van der Waals surface area contributed by atoms with Crippen molar-refractivity contribution in [3.63, 3.8) is 0 Å². The number of nitrogens with zero attached hydrogens (tertiary/aromatic N) is 1. The Morgan fingerprint density at radius 1 is 1.28 bits per heavy atom. The molecule has 98 valence electrons. The lowest BCUT2D eigenvalue weighted by Crippen LogP contribution is -2.63. The Bertz CT molecular complexity index is 427. The van der Waals surface area contributed by atoms with Crippen molar-refractivity contribution in [2.75, 3.05) is 18.0 Å². The van der Waals surface area contributed by atoms with Gasteiger partial charge in [-0.15, -0.1) is 0 Å². The highest BCUT2D eigenvalue weighted by atomic mass is 79.9. The topological polar surface area (TPSA) is 15.3 Å². The molecule has 2 atom stereocenters. The summed E-state index contributed by atoms with van der Waals surface area (Å²) in [5.41, 5.74) is 1.65.